The zero-order valence-corrected chi connectivity index (χ0v) is 13.8. The number of benzene rings is 1. The minimum atomic E-state index is -0.176. The van der Waals surface area contributed by atoms with Gasteiger partial charge in [-0.3, -0.25) is 14.5 Å². The van der Waals surface area contributed by atoms with Crippen molar-refractivity contribution in [2.75, 3.05) is 26.7 Å². The molecule has 1 saturated heterocycles. The van der Waals surface area contributed by atoms with Crippen LogP contribution in [0.1, 0.15) is 10.5 Å². The van der Waals surface area contributed by atoms with Gasteiger partial charge in [-0.05, 0) is 24.8 Å². The van der Waals surface area contributed by atoms with Gasteiger partial charge in [0.25, 0.3) is 11.5 Å². The van der Waals surface area contributed by atoms with Crippen molar-refractivity contribution < 1.29 is 4.79 Å². The van der Waals surface area contributed by atoms with Crippen LogP contribution in [0.4, 0.5) is 0 Å². The van der Waals surface area contributed by atoms with Crippen LogP contribution in [-0.2, 0) is 0 Å². The lowest BCUT2D eigenvalue weighted by atomic mass is 10.2. The molecule has 5 rings (SSSR count). The largest absolute Gasteiger partial charge is 0.331 e. The van der Waals surface area contributed by atoms with Crippen molar-refractivity contribution in [2.24, 2.45) is 0 Å². The number of amides is 1. The summed E-state index contributed by atoms with van der Waals surface area (Å²) in [4.78, 5) is 32.0. The van der Waals surface area contributed by atoms with Crippen molar-refractivity contribution in [1.29, 1.82) is 0 Å². The van der Waals surface area contributed by atoms with Crippen LogP contribution in [-0.4, -0.2) is 63.0 Å². The van der Waals surface area contributed by atoms with Gasteiger partial charge in [0.1, 0.15) is 5.65 Å². The van der Waals surface area contributed by atoms with E-state index >= 15 is 0 Å². The van der Waals surface area contributed by atoms with Crippen LogP contribution >= 0.6 is 0 Å². The fraction of sp³-hybridized carbons (Fsp3) is 0.278. The van der Waals surface area contributed by atoms with Gasteiger partial charge in [0.05, 0.1) is 16.9 Å². The number of aromatic amines is 1. The topological polar surface area (TPSA) is 73.7 Å². The second-order valence-corrected chi connectivity index (χ2v) is 6.72. The van der Waals surface area contributed by atoms with E-state index in [1.807, 2.05) is 23.1 Å². The van der Waals surface area contributed by atoms with Crippen LogP contribution in [0.25, 0.3) is 16.6 Å². The van der Waals surface area contributed by atoms with Crippen molar-refractivity contribution in [1.82, 2.24) is 24.4 Å². The summed E-state index contributed by atoms with van der Waals surface area (Å²) in [6.07, 6.45) is 2.20. The van der Waals surface area contributed by atoms with Crippen LogP contribution < -0.4 is 5.56 Å². The molecule has 1 aromatic carbocycles. The average molecular weight is 335 g/mol. The number of H-pyrrole nitrogens is 1. The normalized spacial score (nSPS) is 20.4. The van der Waals surface area contributed by atoms with Crippen LogP contribution in [0, 0.1) is 0 Å². The molecule has 1 atom stereocenters. The molecule has 0 saturated carbocycles. The second-order valence-electron chi connectivity index (χ2n) is 6.72. The number of fused-ring (bicyclic) bond motifs is 4. The van der Waals surface area contributed by atoms with E-state index in [0.717, 1.165) is 6.54 Å². The molecule has 1 N–H and O–H groups in total. The lowest BCUT2D eigenvalue weighted by Crippen LogP contribution is -2.35. The molecule has 7 nitrogen and oxygen atoms in total. The molecule has 0 bridgehead atoms. The lowest BCUT2D eigenvalue weighted by Gasteiger charge is -2.19. The van der Waals surface area contributed by atoms with Gasteiger partial charge in [0, 0.05) is 25.7 Å². The van der Waals surface area contributed by atoms with E-state index in [1.54, 1.807) is 16.6 Å². The first-order valence-electron chi connectivity index (χ1n) is 8.31. The molecular weight excluding hydrogens is 318 g/mol. The Morgan fingerprint density at radius 2 is 2.16 bits per heavy atom. The van der Waals surface area contributed by atoms with Gasteiger partial charge >= 0.3 is 0 Å². The van der Waals surface area contributed by atoms with E-state index in [9.17, 15) is 9.59 Å². The lowest BCUT2D eigenvalue weighted by molar-refractivity contribution is 0.0775. The molecule has 126 valence electrons. The number of hydrogen-bond donors (Lipinski definition) is 1. The number of rotatable bonds is 1. The van der Waals surface area contributed by atoms with E-state index in [2.05, 4.69) is 28.1 Å². The molecular formula is C18H17N5O2. The van der Waals surface area contributed by atoms with Crippen LogP contribution in [0.5, 0.6) is 0 Å². The fourth-order valence-electron chi connectivity index (χ4n) is 3.84. The summed E-state index contributed by atoms with van der Waals surface area (Å²) in [6.45, 7) is 2.29. The van der Waals surface area contributed by atoms with E-state index in [-0.39, 0.29) is 11.5 Å². The van der Waals surface area contributed by atoms with Gasteiger partial charge in [-0.2, -0.15) is 5.10 Å². The van der Waals surface area contributed by atoms with Crippen LogP contribution in [0.3, 0.4) is 0 Å². The summed E-state index contributed by atoms with van der Waals surface area (Å²) in [5.74, 6) is -0.0997. The molecule has 2 aliphatic rings. The highest BCUT2D eigenvalue weighted by atomic mass is 16.2. The number of likely N-dealkylation sites (N-methyl/N-ethyl adjacent to an activating group) is 1. The number of carbonyl (C=O) groups excluding carboxylic acids is 1. The minimum Gasteiger partial charge on any atom is -0.331 e. The molecule has 2 aromatic heterocycles. The quantitative estimate of drug-likeness (QED) is 0.670. The Morgan fingerprint density at radius 1 is 1.32 bits per heavy atom. The fourth-order valence-corrected chi connectivity index (χ4v) is 3.84. The Balaban J connectivity index is 1.56. The van der Waals surface area contributed by atoms with Crippen molar-refractivity contribution in [3.8, 4) is 0 Å². The molecule has 0 radical (unpaired) electrons. The highest BCUT2D eigenvalue weighted by molar-refractivity contribution is 5.94. The number of aromatic nitrogens is 3. The van der Waals surface area contributed by atoms with Crippen molar-refractivity contribution in [2.45, 2.75) is 6.04 Å². The predicted octanol–water partition coefficient (Wildman–Crippen LogP) is 0.872. The van der Waals surface area contributed by atoms with Crippen LogP contribution in [0.15, 0.2) is 46.8 Å². The second kappa shape index (κ2) is 5.03. The molecule has 1 unspecified atom stereocenters. The van der Waals surface area contributed by atoms with Gasteiger partial charge < -0.3 is 9.88 Å². The maximum absolute atomic E-state index is 12.9. The van der Waals surface area contributed by atoms with E-state index < -0.39 is 0 Å². The summed E-state index contributed by atoms with van der Waals surface area (Å²) < 4.78 is 1.63. The van der Waals surface area contributed by atoms with Crippen molar-refractivity contribution in [3.63, 3.8) is 0 Å². The molecule has 0 aliphatic carbocycles. The molecule has 1 fully saturated rings. The summed E-state index contributed by atoms with van der Waals surface area (Å²) in [5.41, 5.74) is 2.71. The molecule has 4 heterocycles. The third kappa shape index (κ3) is 2.05. The minimum absolute atomic E-state index is 0.0997. The summed E-state index contributed by atoms with van der Waals surface area (Å²) in [5, 5.41) is 5.02. The molecule has 1 amide bonds. The number of carbonyl (C=O) groups is 1. The Bertz CT molecular complexity index is 1110. The summed E-state index contributed by atoms with van der Waals surface area (Å²) >= 11 is 0. The summed E-state index contributed by atoms with van der Waals surface area (Å²) in [6, 6.07) is 9.23. The predicted molar refractivity (Wildman–Crippen MR) is 93.7 cm³/mol. The smallest absolute Gasteiger partial charge is 0.274 e. The van der Waals surface area contributed by atoms with Gasteiger partial charge in [-0.1, -0.05) is 18.2 Å². The van der Waals surface area contributed by atoms with E-state index in [0.29, 0.717) is 41.4 Å². The maximum atomic E-state index is 12.9. The van der Waals surface area contributed by atoms with Gasteiger partial charge in [0.15, 0.2) is 5.69 Å². The van der Waals surface area contributed by atoms with Crippen molar-refractivity contribution >= 4 is 22.5 Å². The summed E-state index contributed by atoms with van der Waals surface area (Å²) in [7, 11) is 2.07. The standard InChI is InChI=1S/C18H17N5O2/c1-21-7-6-11-9-22(10-15(11)21)18(25)13-8-16-19-17(24)12-4-2-3-5-14(12)23(16)20-13/h2-6,8,15H,7,9-10H2,1H3,(H,19,24). The first kappa shape index (κ1) is 14.4. The zero-order valence-electron chi connectivity index (χ0n) is 13.8. The third-order valence-electron chi connectivity index (χ3n) is 5.20. The highest BCUT2D eigenvalue weighted by Gasteiger charge is 2.36. The number of nitrogens with zero attached hydrogens (tertiary/aromatic N) is 4. The zero-order chi connectivity index (χ0) is 17.1. The number of hydrogen-bond acceptors (Lipinski definition) is 4. The van der Waals surface area contributed by atoms with Gasteiger partial charge in [-0.15, -0.1) is 0 Å². The van der Waals surface area contributed by atoms with Crippen LogP contribution in [0.2, 0.25) is 0 Å². The monoisotopic (exact) mass is 335 g/mol. The molecule has 25 heavy (non-hydrogen) atoms. The first-order valence-corrected chi connectivity index (χ1v) is 8.31. The first-order chi connectivity index (χ1) is 12.1. The Hall–Kier alpha value is -2.93. The van der Waals surface area contributed by atoms with E-state index in [4.69, 9.17) is 0 Å². The number of likely N-dealkylation sites (tertiary alicyclic amines) is 1. The Kier molecular flexibility index (Phi) is 2.90. The van der Waals surface area contributed by atoms with Crippen molar-refractivity contribution in [3.05, 3.63) is 58.0 Å². The molecule has 0 spiro atoms. The third-order valence-corrected chi connectivity index (χ3v) is 5.20. The average Bonchev–Trinajstić information content (AvgIpc) is 3.30. The highest BCUT2D eigenvalue weighted by Crippen LogP contribution is 2.26. The molecule has 2 aliphatic heterocycles. The Labute approximate surface area is 143 Å². The van der Waals surface area contributed by atoms with E-state index in [1.165, 1.54) is 5.57 Å². The Morgan fingerprint density at radius 3 is 3.00 bits per heavy atom. The molecule has 3 aromatic rings. The van der Waals surface area contributed by atoms with Gasteiger partial charge in [0.2, 0.25) is 0 Å². The van der Waals surface area contributed by atoms with Gasteiger partial charge in [-0.25, -0.2) is 4.52 Å². The SMILES string of the molecule is CN1CC=C2CN(C(=O)c3cc4[nH]c(=O)c5ccccc5n4n3)CC21. The molecule has 7 heteroatoms. The number of nitrogens with one attached hydrogen (secondary N) is 1. The maximum Gasteiger partial charge on any atom is 0.274 e. The number of para-hydroxylation sites is 1.